The number of rotatable bonds is 3. The van der Waals surface area contributed by atoms with Crippen LogP contribution < -0.4 is 5.32 Å². The van der Waals surface area contributed by atoms with Crippen LogP contribution in [0, 0.1) is 13.8 Å². The number of benzene rings is 1. The van der Waals surface area contributed by atoms with E-state index in [-0.39, 0.29) is 5.91 Å². The van der Waals surface area contributed by atoms with Crippen LogP contribution in [0.25, 0.3) is 0 Å². The molecule has 4 nitrogen and oxygen atoms in total. The molecule has 0 aliphatic carbocycles. The molecule has 2 rings (SSSR count). The number of halogens is 1. The number of hydrogen-bond donors (Lipinski definition) is 2. The zero-order valence-corrected chi connectivity index (χ0v) is 13.6. The number of aryl methyl sites for hydroxylation is 2. The van der Waals surface area contributed by atoms with Crippen LogP contribution in [0.5, 0.6) is 0 Å². The highest BCUT2D eigenvalue weighted by Gasteiger charge is 2.25. The molecule has 2 N–H and O–H groups in total. The molecule has 106 valence electrons. The number of H-pyrrole nitrogens is 1. The molecule has 20 heavy (non-hydrogen) atoms. The Morgan fingerprint density at radius 2 is 1.85 bits per heavy atom. The fraction of sp³-hybridized carbons (Fsp3) is 0.333. The zero-order valence-electron chi connectivity index (χ0n) is 12.0. The third-order valence-electron chi connectivity index (χ3n) is 3.35. The molecule has 0 unspecified atom stereocenters. The predicted molar refractivity (Wildman–Crippen MR) is 82.7 cm³/mol. The Kier molecular flexibility index (Phi) is 3.99. The molecule has 0 fully saturated rings. The quantitative estimate of drug-likeness (QED) is 0.902. The van der Waals surface area contributed by atoms with Gasteiger partial charge in [-0.3, -0.25) is 9.89 Å². The number of nitrogens with zero attached hydrogens (tertiary/aromatic N) is 1. The standard InChI is InChI=1S/C15H18BrN3O/c1-9-13(10(2)19-18-9)14(20)17-15(3,4)11-5-7-12(16)8-6-11/h5-8H,1-4H3,(H,17,20)(H,18,19). The molecule has 1 amide bonds. The summed E-state index contributed by atoms with van der Waals surface area (Å²) in [6.07, 6.45) is 0. The molecule has 0 spiro atoms. The Balaban J connectivity index is 2.24. The highest BCUT2D eigenvalue weighted by Crippen LogP contribution is 2.23. The fourth-order valence-corrected chi connectivity index (χ4v) is 2.43. The van der Waals surface area contributed by atoms with Crippen molar-refractivity contribution in [1.82, 2.24) is 15.5 Å². The van der Waals surface area contributed by atoms with E-state index in [1.54, 1.807) is 0 Å². The first-order valence-electron chi connectivity index (χ1n) is 6.41. The van der Waals surface area contributed by atoms with E-state index in [9.17, 15) is 4.79 Å². The maximum absolute atomic E-state index is 12.4. The summed E-state index contributed by atoms with van der Waals surface area (Å²) in [5.41, 5.74) is 2.72. The van der Waals surface area contributed by atoms with Crippen molar-refractivity contribution in [3.8, 4) is 0 Å². The van der Waals surface area contributed by atoms with Crippen molar-refractivity contribution in [2.24, 2.45) is 0 Å². The monoisotopic (exact) mass is 335 g/mol. The van der Waals surface area contributed by atoms with Crippen LogP contribution in [0.4, 0.5) is 0 Å². The summed E-state index contributed by atoms with van der Waals surface area (Å²) in [7, 11) is 0. The van der Waals surface area contributed by atoms with Crippen LogP contribution in [-0.4, -0.2) is 16.1 Å². The van der Waals surface area contributed by atoms with E-state index < -0.39 is 5.54 Å². The SMILES string of the molecule is Cc1n[nH]c(C)c1C(=O)NC(C)(C)c1ccc(Br)cc1. The second kappa shape index (κ2) is 5.40. The number of hydrogen-bond acceptors (Lipinski definition) is 2. The second-order valence-electron chi connectivity index (χ2n) is 5.40. The Hall–Kier alpha value is -1.62. The molecule has 0 saturated carbocycles. The van der Waals surface area contributed by atoms with E-state index in [0.29, 0.717) is 11.3 Å². The van der Waals surface area contributed by atoms with E-state index in [4.69, 9.17) is 0 Å². The molecule has 0 aliphatic rings. The van der Waals surface area contributed by atoms with Crippen LogP contribution >= 0.6 is 15.9 Å². The summed E-state index contributed by atoms with van der Waals surface area (Å²) >= 11 is 3.41. The molecule has 1 aromatic carbocycles. The Bertz CT molecular complexity index is 610. The van der Waals surface area contributed by atoms with Crippen LogP contribution in [-0.2, 0) is 5.54 Å². The van der Waals surface area contributed by atoms with Crippen molar-refractivity contribution in [3.05, 3.63) is 51.3 Å². The van der Waals surface area contributed by atoms with Gasteiger partial charge in [-0.1, -0.05) is 28.1 Å². The lowest BCUT2D eigenvalue weighted by atomic mass is 9.94. The van der Waals surface area contributed by atoms with Gasteiger partial charge >= 0.3 is 0 Å². The van der Waals surface area contributed by atoms with E-state index in [1.807, 2.05) is 52.0 Å². The lowest BCUT2D eigenvalue weighted by molar-refractivity contribution is 0.0911. The van der Waals surface area contributed by atoms with E-state index in [2.05, 4.69) is 31.4 Å². The van der Waals surface area contributed by atoms with Gasteiger partial charge in [0.05, 0.1) is 16.8 Å². The number of carbonyl (C=O) groups is 1. The van der Waals surface area contributed by atoms with Crippen molar-refractivity contribution < 1.29 is 4.79 Å². The Labute approximate surface area is 127 Å². The van der Waals surface area contributed by atoms with E-state index in [0.717, 1.165) is 15.7 Å². The summed E-state index contributed by atoms with van der Waals surface area (Å²) in [4.78, 5) is 12.4. The van der Waals surface area contributed by atoms with Gasteiger partial charge in [-0.2, -0.15) is 5.10 Å². The molecule has 0 bridgehead atoms. The maximum Gasteiger partial charge on any atom is 0.255 e. The molecule has 0 saturated heterocycles. The molecule has 2 aromatic rings. The van der Waals surface area contributed by atoms with Crippen molar-refractivity contribution in [2.45, 2.75) is 33.2 Å². The molecule has 1 aromatic heterocycles. The third kappa shape index (κ3) is 2.93. The lowest BCUT2D eigenvalue weighted by Gasteiger charge is -2.27. The van der Waals surface area contributed by atoms with Gasteiger partial charge in [0.25, 0.3) is 5.91 Å². The first-order valence-corrected chi connectivity index (χ1v) is 7.20. The van der Waals surface area contributed by atoms with Gasteiger partial charge < -0.3 is 5.32 Å². The lowest BCUT2D eigenvalue weighted by Crippen LogP contribution is -2.41. The van der Waals surface area contributed by atoms with Crippen molar-refractivity contribution >= 4 is 21.8 Å². The minimum Gasteiger partial charge on any atom is -0.343 e. The summed E-state index contributed by atoms with van der Waals surface area (Å²) in [6.45, 7) is 7.64. The van der Waals surface area contributed by atoms with E-state index in [1.165, 1.54) is 0 Å². The maximum atomic E-state index is 12.4. The minimum absolute atomic E-state index is 0.110. The molecule has 0 atom stereocenters. The van der Waals surface area contributed by atoms with Crippen LogP contribution in [0.1, 0.15) is 41.2 Å². The van der Waals surface area contributed by atoms with Crippen molar-refractivity contribution in [3.63, 3.8) is 0 Å². The topological polar surface area (TPSA) is 57.8 Å². The third-order valence-corrected chi connectivity index (χ3v) is 3.88. The molecule has 5 heteroatoms. The summed E-state index contributed by atoms with van der Waals surface area (Å²) in [6, 6.07) is 7.94. The molecular weight excluding hydrogens is 318 g/mol. The minimum atomic E-state index is -0.450. The molecule has 0 radical (unpaired) electrons. The normalized spacial score (nSPS) is 11.4. The molecule has 0 aliphatic heterocycles. The molecular formula is C15H18BrN3O. The van der Waals surface area contributed by atoms with Gasteiger partial charge in [0.1, 0.15) is 0 Å². The van der Waals surface area contributed by atoms with Crippen molar-refractivity contribution in [2.75, 3.05) is 0 Å². The van der Waals surface area contributed by atoms with Gasteiger partial charge in [0.2, 0.25) is 0 Å². The van der Waals surface area contributed by atoms with E-state index >= 15 is 0 Å². The highest BCUT2D eigenvalue weighted by atomic mass is 79.9. The van der Waals surface area contributed by atoms with Crippen molar-refractivity contribution in [1.29, 1.82) is 0 Å². The number of aromatic nitrogens is 2. The van der Waals surface area contributed by atoms with Gasteiger partial charge in [0.15, 0.2) is 0 Å². The van der Waals surface area contributed by atoms with Crippen LogP contribution in [0.2, 0.25) is 0 Å². The number of carbonyl (C=O) groups excluding carboxylic acids is 1. The smallest absolute Gasteiger partial charge is 0.255 e. The average Bonchev–Trinajstić information content (AvgIpc) is 2.69. The summed E-state index contributed by atoms with van der Waals surface area (Å²) in [5, 5.41) is 9.96. The molecule has 1 heterocycles. The summed E-state index contributed by atoms with van der Waals surface area (Å²) in [5.74, 6) is -0.110. The second-order valence-corrected chi connectivity index (χ2v) is 6.31. The summed E-state index contributed by atoms with van der Waals surface area (Å²) < 4.78 is 1.02. The average molecular weight is 336 g/mol. The van der Waals surface area contributed by atoms with Gasteiger partial charge in [0, 0.05) is 10.2 Å². The van der Waals surface area contributed by atoms with Gasteiger partial charge in [-0.15, -0.1) is 0 Å². The first kappa shape index (κ1) is 14.8. The first-order chi connectivity index (χ1) is 9.31. The zero-order chi connectivity index (χ0) is 14.9. The number of nitrogens with one attached hydrogen (secondary N) is 2. The predicted octanol–water partition coefficient (Wildman–Crippen LogP) is 3.45. The number of amides is 1. The fourth-order valence-electron chi connectivity index (χ4n) is 2.17. The van der Waals surface area contributed by atoms with Gasteiger partial charge in [-0.05, 0) is 45.4 Å². The Morgan fingerprint density at radius 3 is 2.35 bits per heavy atom. The largest absolute Gasteiger partial charge is 0.343 e. The van der Waals surface area contributed by atoms with Crippen LogP contribution in [0.3, 0.4) is 0 Å². The number of aromatic amines is 1. The highest BCUT2D eigenvalue weighted by molar-refractivity contribution is 9.10. The van der Waals surface area contributed by atoms with Crippen LogP contribution in [0.15, 0.2) is 28.7 Å². The van der Waals surface area contributed by atoms with Gasteiger partial charge in [-0.25, -0.2) is 0 Å². The Morgan fingerprint density at radius 1 is 1.25 bits per heavy atom.